The Labute approximate surface area is 135 Å². The van der Waals surface area contributed by atoms with Gasteiger partial charge in [0.25, 0.3) is 0 Å². The molecule has 0 radical (unpaired) electrons. The van der Waals surface area contributed by atoms with Gasteiger partial charge in [0.05, 0.1) is 0 Å². The highest BCUT2D eigenvalue weighted by atomic mass is 16.5. The Bertz CT molecular complexity index is 760. The fraction of sp³-hybridized carbons (Fsp3) is 0.200. The topological polar surface area (TPSA) is 43.4 Å². The number of carbonyl (C=O) groups is 2. The number of rotatable bonds is 4. The number of fused-ring (bicyclic) bond motifs is 1. The molecule has 2 aromatic carbocycles. The van der Waals surface area contributed by atoms with Crippen molar-refractivity contribution >= 4 is 23.4 Å². The van der Waals surface area contributed by atoms with E-state index in [1.165, 1.54) is 13.8 Å². The highest BCUT2D eigenvalue weighted by Crippen LogP contribution is 2.40. The van der Waals surface area contributed by atoms with Crippen molar-refractivity contribution in [1.29, 1.82) is 0 Å². The molecule has 1 heterocycles. The van der Waals surface area contributed by atoms with E-state index >= 15 is 0 Å². The first-order chi connectivity index (χ1) is 11.1. The first-order valence-corrected chi connectivity index (χ1v) is 7.61. The second-order valence-electron chi connectivity index (χ2n) is 5.74. The molecule has 1 atom stereocenters. The largest absolute Gasteiger partial charge is 0.484 e. The Morgan fingerprint density at radius 1 is 0.913 bits per heavy atom. The van der Waals surface area contributed by atoms with E-state index in [4.69, 9.17) is 4.74 Å². The molecule has 23 heavy (non-hydrogen) atoms. The summed E-state index contributed by atoms with van der Waals surface area (Å²) in [5.41, 5.74) is 2.79. The first kappa shape index (κ1) is 15.2. The maximum Gasteiger partial charge on any atom is 0.144 e. The van der Waals surface area contributed by atoms with Gasteiger partial charge in [-0.3, -0.25) is 9.59 Å². The molecule has 3 nitrogen and oxygen atoms in total. The zero-order chi connectivity index (χ0) is 16.4. The summed E-state index contributed by atoms with van der Waals surface area (Å²) < 4.78 is 6.10. The monoisotopic (exact) mass is 306 g/mol. The van der Waals surface area contributed by atoms with Gasteiger partial charge in [-0.2, -0.15) is 0 Å². The highest BCUT2D eigenvalue weighted by molar-refractivity contribution is 6.01. The van der Waals surface area contributed by atoms with E-state index in [1.807, 2.05) is 60.7 Å². The van der Waals surface area contributed by atoms with Crippen LogP contribution in [0.25, 0.3) is 11.8 Å². The minimum Gasteiger partial charge on any atom is -0.484 e. The molecule has 0 saturated carbocycles. The second-order valence-corrected chi connectivity index (χ2v) is 5.74. The Morgan fingerprint density at radius 3 is 2.17 bits per heavy atom. The van der Waals surface area contributed by atoms with Crippen molar-refractivity contribution in [2.45, 2.75) is 20.0 Å². The van der Waals surface area contributed by atoms with Gasteiger partial charge in [0.15, 0.2) is 0 Å². The Hall–Kier alpha value is -2.68. The van der Waals surface area contributed by atoms with E-state index < -0.39 is 12.0 Å². The molecule has 2 aromatic rings. The van der Waals surface area contributed by atoms with Crippen molar-refractivity contribution < 1.29 is 14.3 Å². The SMILES string of the molecule is CC(=O)C(C(C)=O)[C@H]1OC(c2ccccc2)=Cc2ccccc21. The van der Waals surface area contributed by atoms with E-state index in [-0.39, 0.29) is 11.6 Å². The summed E-state index contributed by atoms with van der Waals surface area (Å²) in [6.07, 6.45) is 1.37. The van der Waals surface area contributed by atoms with Gasteiger partial charge in [0.1, 0.15) is 29.3 Å². The number of hydrogen-bond acceptors (Lipinski definition) is 3. The molecule has 0 aromatic heterocycles. The van der Waals surface area contributed by atoms with Crippen LogP contribution in [0.15, 0.2) is 54.6 Å². The summed E-state index contributed by atoms with van der Waals surface area (Å²) in [4.78, 5) is 24.0. The van der Waals surface area contributed by atoms with Crippen LogP contribution in [0.1, 0.15) is 36.6 Å². The Kier molecular flexibility index (Phi) is 4.11. The van der Waals surface area contributed by atoms with Gasteiger partial charge in [0, 0.05) is 11.1 Å². The summed E-state index contributed by atoms with van der Waals surface area (Å²) >= 11 is 0. The smallest absolute Gasteiger partial charge is 0.144 e. The molecule has 0 spiro atoms. The lowest BCUT2D eigenvalue weighted by atomic mass is 9.85. The Morgan fingerprint density at radius 2 is 1.52 bits per heavy atom. The average molecular weight is 306 g/mol. The molecular formula is C20H18O3. The molecule has 0 N–H and O–H groups in total. The molecule has 116 valence electrons. The zero-order valence-corrected chi connectivity index (χ0v) is 13.2. The summed E-state index contributed by atoms with van der Waals surface area (Å²) in [5, 5.41) is 0. The lowest BCUT2D eigenvalue weighted by Crippen LogP contribution is -2.30. The fourth-order valence-corrected chi connectivity index (χ4v) is 2.99. The second kappa shape index (κ2) is 6.21. The van der Waals surface area contributed by atoms with Gasteiger partial charge in [-0.1, -0.05) is 54.6 Å². The molecule has 0 amide bonds. The van der Waals surface area contributed by atoms with Crippen LogP contribution in [0.3, 0.4) is 0 Å². The van der Waals surface area contributed by atoms with Crippen LogP contribution in [0, 0.1) is 5.92 Å². The van der Waals surface area contributed by atoms with Crippen molar-refractivity contribution in [3.8, 4) is 0 Å². The Balaban J connectivity index is 2.10. The van der Waals surface area contributed by atoms with Crippen LogP contribution in [0.5, 0.6) is 0 Å². The minimum absolute atomic E-state index is 0.174. The van der Waals surface area contributed by atoms with Crippen LogP contribution in [-0.2, 0) is 14.3 Å². The lowest BCUT2D eigenvalue weighted by Gasteiger charge is -2.31. The number of hydrogen-bond donors (Lipinski definition) is 0. The summed E-state index contributed by atoms with van der Waals surface area (Å²) in [7, 11) is 0. The van der Waals surface area contributed by atoms with Gasteiger partial charge < -0.3 is 4.74 Å². The number of Topliss-reactive ketones (excluding diaryl/α,β-unsaturated/α-hetero) is 2. The molecule has 3 heteroatoms. The summed E-state index contributed by atoms with van der Waals surface area (Å²) in [5.74, 6) is -0.455. The van der Waals surface area contributed by atoms with E-state index in [0.717, 1.165) is 16.7 Å². The maximum absolute atomic E-state index is 12.0. The number of carbonyl (C=O) groups excluding carboxylic acids is 2. The molecule has 0 fully saturated rings. The molecule has 1 aliphatic rings. The molecule has 0 bridgehead atoms. The third kappa shape index (κ3) is 2.95. The highest BCUT2D eigenvalue weighted by Gasteiger charge is 2.36. The maximum atomic E-state index is 12.0. The molecule has 0 saturated heterocycles. The van der Waals surface area contributed by atoms with Gasteiger partial charge in [-0.25, -0.2) is 0 Å². The van der Waals surface area contributed by atoms with Crippen molar-refractivity contribution in [2.75, 3.05) is 0 Å². The predicted octanol–water partition coefficient (Wildman–Crippen LogP) is 4.05. The van der Waals surface area contributed by atoms with Crippen molar-refractivity contribution in [1.82, 2.24) is 0 Å². The molecule has 3 rings (SSSR count). The van der Waals surface area contributed by atoms with Gasteiger partial charge >= 0.3 is 0 Å². The van der Waals surface area contributed by atoms with Gasteiger partial charge in [0.2, 0.25) is 0 Å². The first-order valence-electron chi connectivity index (χ1n) is 7.61. The summed E-state index contributed by atoms with van der Waals surface area (Å²) in [6.45, 7) is 2.89. The zero-order valence-electron chi connectivity index (χ0n) is 13.2. The number of ketones is 2. The lowest BCUT2D eigenvalue weighted by molar-refractivity contribution is -0.135. The molecule has 0 aliphatic carbocycles. The van der Waals surface area contributed by atoms with E-state index in [0.29, 0.717) is 5.76 Å². The van der Waals surface area contributed by atoms with Crippen LogP contribution < -0.4 is 0 Å². The van der Waals surface area contributed by atoms with Crippen molar-refractivity contribution in [2.24, 2.45) is 5.92 Å². The molecular weight excluding hydrogens is 288 g/mol. The molecule has 1 aliphatic heterocycles. The van der Waals surface area contributed by atoms with E-state index in [2.05, 4.69) is 0 Å². The fourth-order valence-electron chi connectivity index (χ4n) is 2.99. The van der Waals surface area contributed by atoms with Crippen LogP contribution in [-0.4, -0.2) is 11.6 Å². The van der Waals surface area contributed by atoms with Crippen LogP contribution >= 0.6 is 0 Å². The van der Waals surface area contributed by atoms with Gasteiger partial charge in [-0.05, 0) is 25.5 Å². The predicted molar refractivity (Wildman–Crippen MR) is 89.4 cm³/mol. The van der Waals surface area contributed by atoms with E-state index in [1.54, 1.807) is 0 Å². The minimum atomic E-state index is -0.788. The van der Waals surface area contributed by atoms with Crippen molar-refractivity contribution in [3.63, 3.8) is 0 Å². The van der Waals surface area contributed by atoms with E-state index in [9.17, 15) is 9.59 Å². The normalized spacial score (nSPS) is 16.3. The third-order valence-corrected chi connectivity index (χ3v) is 4.08. The number of benzene rings is 2. The van der Waals surface area contributed by atoms with Crippen LogP contribution in [0.4, 0.5) is 0 Å². The van der Waals surface area contributed by atoms with Crippen LogP contribution in [0.2, 0.25) is 0 Å². The quantitative estimate of drug-likeness (QED) is 0.800. The average Bonchev–Trinajstić information content (AvgIpc) is 2.55. The molecule has 0 unspecified atom stereocenters. The number of ether oxygens (including phenoxy) is 1. The standard InChI is InChI=1S/C20H18O3/c1-13(21)19(14(2)22)20-17-11-7-6-10-16(17)12-18(23-20)15-8-4-3-5-9-15/h3-12,19-20H,1-2H3/t20-/m0/s1. The van der Waals surface area contributed by atoms with Gasteiger partial charge in [-0.15, -0.1) is 0 Å². The summed E-state index contributed by atoms with van der Waals surface area (Å²) in [6, 6.07) is 17.4. The third-order valence-electron chi connectivity index (χ3n) is 4.08. The van der Waals surface area contributed by atoms with Crippen molar-refractivity contribution in [3.05, 3.63) is 71.3 Å².